The summed E-state index contributed by atoms with van der Waals surface area (Å²) in [5.41, 5.74) is 0.975. The Morgan fingerprint density at radius 3 is 2.83 bits per heavy atom. The van der Waals surface area contributed by atoms with Crippen LogP contribution >= 0.6 is 11.8 Å². The van der Waals surface area contributed by atoms with Crippen molar-refractivity contribution in [2.75, 3.05) is 12.3 Å². The molecule has 0 spiro atoms. The van der Waals surface area contributed by atoms with Crippen molar-refractivity contribution >= 4 is 17.7 Å². The van der Waals surface area contributed by atoms with E-state index in [2.05, 4.69) is 27.0 Å². The molecule has 0 unspecified atom stereocenters. The number of amides is 1. The molecule has 3 rings (SSSR count). The van der Waals surface area contributed by atoms with E-state index >= 15 is 0 Å². The van der Waals surface area contributed by atoms with Gasteiger partial charge in [-0.15, -0.1) is 5.10 Å². The topological polar surface area (TPSA) is 61.9 Å². The van der Waals surface area contributed by atoms with Crippen molar-refractivity contribution in [3.8, 4) is 11.8 Å². The molecule has 2 aromatic rings. The monoisotopic (exact) mass is 340 g/mol. The van der Waals surface area contributed by atoms with Crippen LogP contribution in [-0.2, 0) is 11.2 Å². The lowest BCUT2D eigenvalue weighted by Gasteiger charge is -2.19. The van der Waals surface area contributed by atoms with Gasteiger partial charge in [0.05, 0.1) is 12.3 Å². The van der Waals surface area contributed by atoms with Gasteiger partial charge in [-0.3, -0.25) is 9.89 Å². The molecule has 5 nitrogen and oxygen atoms in total. The number of carbonyl (C=O) groups is 1. The molecule has 1 heterocycles. The van der Waals surface area contributed by atoms with Crippen molar-refractivity contribution < 1.29 is 4.79 Å². The number of aromatic nitrogens is 3. The van der Waals surface area contributed by atoms with E-state index in [1.807, 2.05) is 42.2 Å². The largest absolute Gasteiger partial charge is 0.328 e. The Morgan fingerprint density at radius 1 is 1.38 bits per heavy atom. The molecule has 1 fully saturated rings. The molecule has 1 amide bonds. The Kier molecular flexibility index (Phi) is 5.55. The number of aryl methyl sites for hydroxylation is 1. The smallest absolute Gasteiger partial charge is 0.234 e. The summed E-state index contributed by atoms with van der Waals surface area (Å²) in [6, 6.07) is 10.2. The number of nitrogens with zero attached hydrogens (tertiary/aromatic N) is 3. The van der Waals surface area contributed by atoms with Crippen LogP contribution in [0.2, 0.25) is 0 Å². The molecule has 0 saturated heterocycles. The molecule has 0 aliphatic heterocycles. The van der Waals surface area contributed by atoms with Gasteiger partial charge in [0.25, 0.3) is 0 Å². The third-order valence-electron chi connectivity index (χ3n) is 3.73. The zero-order chi connectivity index (χ0) is 16.8. The third-order valence-corrected chi connectivity index (χ3v) is 4.57. The summed E-state index contributed by atoms with van der Waals surface area (Å²) in [5.74, 6) is 7.54. The van der Waals surface area contributed by atoms with E-state index in [-0.39, 0.29) is 5.91 Å². The molecule has 124 valence electrons. The Bertz CT molecular complexity index is 743. The Hall–Kier alpha value is -2.26. The number of rotatable bonds is 6. The number of hydrogen-bond acceptors (Lipinski definition) is 4. The van der Waals surface area contributed by atoms with Crippen molar-refractivity contribution in [1.29, 1.82) is 0 Å². The first kappa shape index (κ1) is 16.6. The van der Waals surface area contributed by atoms with Gasteiger partial charge in [-0.1, -0.05) is 48.7 Å². The summed E-state index contributed by atoms with van der Waals surface area (Å²) in [6.07, 6.45) is 2.96. The molecule has 0 atom stereocenters. The summed E-state index contributed by atoms with van der Waals surface area (Å²) in [5, 5.41) is 7.61. The molecule has 1 aromatic carbocycles. The van der Waals surface area contributed by atoms with Crippen LogP contribution in [0.25, 0.3) is 0 Å². The lowest BCUT2D eigenvalue weighted by molar-refractivity contribution is -0.128. The van der Waals surface area contributed by atoms with E-state index in [9.17, 15) is 4.79 Å². The van der Waals surface area contributed by atoms with Crippen LogP contribution < -0.4 is 0 Å². The van der Waals surface area contributed by atoms with Gasteiger partial charge in [-0.05, 0) is 25.0 Å². The van der Waals surface area contributed by atoms with Gasteiger partial charge in [0, 0.05) is 18.0 Å². The molecular weight excluding hydrogens is 320 g/mol. The van der Waals surface area contributed by atoms with Crippen LogP contribution in [0, 0.1) is 11.8 Å². The third kappa shape index (κ3) is 4.62. The first-order valence-corrected chi connectivity index (χ1v) is 9.12. The highest BCUT2D eigenvalue weighted by molar-refractivity contribution is 7.99. The van der Waals surface area contributed by atoms with E-state index in [0.29, 0.717) is 23.5 Å². The second-order valence-corrected chi connectivity index (χ2v) is 6.57. The van der Waals surface area contributed by atoms with E-state index in [1.54, 1.807) is 0 Å². The Balaban J connectivity index is 1.55. The number of thioether (sulfide) groups is 1. The molecule has 24 heavy (non-hydrogen) atoms. The summed E-state index contributed by atoms with van der Waals surface area (Å²) in [6.45, 7) is 2.49. The fourth-order valence-electron chi connectivity index (χ4n) is 2.27. The van der Waals surface area contributed by atoms with Crippen LogP contribution in [0.5, 0.6) is 0 Å². The van der Waals surface area contributed by atoms with Gasteiger partial charge < -0.3 is 4.90 Å². The van der Waals surface area contributed by atoms with Gasteiger partial charge >= 0.3 is 0 Å². The number of hydrogen-bond donors (Lipinski definition) is 1. The van der Waals surface area contributed by atoms with Crippen molar-refractivity contribution in [3.05, 3.63) is 41.7 Å². The fourth-order valence-corrected chi connectivity index (χ4v) is 2.97. The maximum Gasteiger partial charge on any atom is 0.234 e. The lowest BCUT2D eigenvalue weighted by atomic mass is 10.2. The molecule has 1 aliphatic rings. The average molecular weight is 340 g/mol. The van der Waals surface area contributed by atoms with Crippen LogP contribution in [-0.4, -0.2) is 44.3 Å². The van der Waals surface area contributed by atoms with E-state index < -0.39 is 0 Å². The number of H-pyrrole nitrogens is 1. The summed E-state index contributed by atoms with van der Waals surface area (Å²) in [4.78, 5) is 18.7. The number of aromatic amines is 1. The second-order valence-electron chi connectivity index (χ2n) is 5.63. The zero-order valence-corrected chi connectivity index (χ0v) is 14.5. The zero-order valence-electron chi connectivity index (χ0n) is 13.7. The normalized spacial score (nSPS) is 13.2. The predicted molar refractivity (Wildman–Crippen MR) is 94.5 cm³/mol. The van der Waals surface area contributed by atoms with Gasteiger partial charge in [0.2, 0.25) is 11.1 Å². The van der Waals surface area contributed by atoms with Crippen molar-refractivity contribution in [3.63, 3.8) is 0 Å². The van der Waals surface area contributed by atoms with Crippen molar-refractivity contribution in [2.45, 2.75) is 37.4 Å². The first-order valence-electron chi connectivity index (χ1n) is 8.13. The average Bonchev–Trinajstić information content (AvgIpc) is 3.35. The molecular formula is C18H20N4OS. The van der Waals surface area contributed by atoms with Crippen LogP contribution in [0.15, 0.2) is 35.5 Å². The maximum absolute atomic E-state index is 12.5. The molecule has 0 radical (unpaired) electrons. The highest BCUT2D eigenvalue weighted by Gasteiger charge is 2.31. The highest BCUT2D eigenvalue weighted by Crippen LogP contribution is 2.27. The van der Waals surface area contributed by atoms with Gasteiger partial charge in [0.1, 0.15) is 5.82 Å². The predicted octanol–water partition coefficient (Wildman–Crippen LogP) is 2.50. The van der Waals surface area contributed by atoms with Gasteiger partial charge in [-0.25, -0.2) is 4.98 Å². The minimum atomic E-state index is 0.104. The Morgan fingerprint density at radius 2 is 2.17 bits per heavy atom. The van der Waals surface area contributed by atoms with E-state index in [0.717, 1.165) is 30.7 Å². The summed E-state index contributed by atoms with van der Waals surface area (Å²) >= 11 is 1.38. The lowest BCUT2D eigenvalue weighted by Crippen LogP contribution is -2.34. The van der Waals surface area contributed by atoms with Gasteiger partial charge in [0.15, 0.2) is 0 Å². The van der Waals surface area contributed by atoms with Gasteiger partial charge in [-0.2, -0.15) is 0 Å². The standard InChI is InChI=1S/C18H20N4OS/c1-2-16-19-18(21-20-16)24-13-17(23)22(15-10-11-15)12-6-9-14-7-4-3-5-8-14/h3-5,7-8,15H,2,10-13H2,1H3,(H,19,20,21). The van der Waals surface area contributed by atoms with Crippen molar-refractivity contribution in [2.24, 2.45) is 0 Å². The summed E-state index contributed by atoms with van der Waals surface area (Å²) in [7, 11) is 0. The number of nitrogens with one attached hydrogen (secondary N) is 1. The summed E-state index contributed by atoms with van der Waals surface area (Å²) < 4.78 is 0. The van der Waals surface area contributed by atoms with Crippen LogP contribution in [0.4, 0.5) is 0 Å². The van der Waals surface area contributed by atoms with Crippen molar-refractivity contribution in [1.82, 2.24) is 20.1 Å². The number of benzene rings is 1. The Labute approximate surface area is 146 Å². The molecule has 1 saturated carbocycles. The van der Waals surface area contributed by atoms with E-state index in [4.69, 9.17) is 0 Å². The minimum absolute atomic E-state index is 0.104. The maximum atomic E-state index is 12.5. The van der Waals surface area contributed by atoms with Crippen LogP contribution in [0.3, 0.4) is 0 Å². The molecule has 1 N–H and O–H groups in total. The fraction of sp³-hybridized carbons (Fsp3) is 0.389. The molecule has 6 heteroatoms. The molecule has 1 aromatic heterocycles. The SMILES string of the molecule is CCc1nc(SCC(=O)N(CC#Cc2ccccc2)C2CC2)n[nH]1. The quantitative estimate of drug-likeness (QED) is 0.648. The number of carbonyl (C=O) groups excluding carboxylic acids is 1. The highest BCUT2D eigenvalue weighted by atomic mass is 32.2. The first-order chi connectivity index (χ1) is 11.8. The molecule has 0 bridgehead atoms. The van der Waals surface area contributed by atoms with E-state index in [1.165, 1.54) is 11.8 Å². The minimum Gasteiger partial charge on any atom is -0.328 e. The molecule has 1 aliphatic carbocycles. The van der Waals surface area contributed by atoms with Crippen LogP contribution in [0.1, 0.15) is 31.2 Å². The second kappa shape index (κ2) is 8.02.